The maximum absolute atomic E-state index is 12.5. The van der Waals surface area contributed by atoms with Crippen LogP contribution < -0.4 is 0 Å². The highest BCUT2D eigenvalue weighted by Gasteiger charge is 2.31. The minimum atomic E-state index is -4.40. The first-order valence-corrected chi connectivity index (χ1v) is 54.4. The highest BCUT2D eigenvalue weighted by atomic mass is 32.3. The fraction of sp³-hybridized carbons (Fsp3) is 0.312. The van der Waals surface area contributed by atoms with Gasteiger partial charge in [0.05, 0.1) is 195 Å². The van der Waals surface area contributed by atoms with Gasteiger partial charge >= 0.3 is 53.7 Å². The standard InChI is InChI=1S/C12H16O5S.C11H14O5S.2C10H12O5S.C9H9FO5S.2C7H8O6S.2C7H8O5S2/c1-12(2,10-6-4-3-5-7-10)11(13)17-8-9-18(14,15)16;1-9(10-5-3-2-4-6-10)11(12)16-7-8-17(13,14)15;1-8-2-4-9(5-3-8)10(11)15-6-7-16(12,13)14;11-10(15-6-7-16(12,13)14)8-9-4-2-1-3-5-9;10-8-3-1-7(2-4-8)9(11)15-5-6-16(12,13)14;8-7(6-1-2-12-5-6)13-3-4-14(9,10)11;8-7(6-2-1-3-12-6)13-4-5-14(9,10)11;8-7(6-1-3-13-5-6)12-2-4-14(9,10)11;8-7(6-2-1-4-13-6)12-3-5-14(9,10)11/h3-7H,8-9H2,1-2H3,(H,14,15,16);2-6,9H,7-8H2,1H3,(H,13,14,15);2-5H,6-7H2,1H3,(H,12,13,14);1-5H,6-8H2,(H,12,13,14);1-4H,5-6H2,(H,12,13,14);1-2,5H,3-4H2,(H,9,10,11);1-3H,4-5H2,(H,9,10,11);1,3,5H,2,4H2,(H,9,10,11);1-2,4H,3,5H2,(H,9,10,11)/p-9. The van der Waals surface area contributed by atoms with Crippen molar-refractivity contribution in [1.29, 1.82) is 0 Å². The molecule has 0 aliphatic carbocycles. The molecular formula is C80H86FO47S11-9. The average Bonchev–Trinajstić information content (AvgIpc) is 1.34. The van der Waals surface area contributed by atoms with E-state index in [1.807, 2.05) is 25.1 Å². The van der Waals surface area contributed by atoms with Gasteiger partial charge in [-0.15, -0.1) is 11.3 Å². The smallest absolute Gasteiger partial charge is 0.374 e. The molecule has 1 unspecified atom stereocenters. The number of benzene rings is 5. The van der Waals surface area contributed by atoms with Gasteiger partial charge < -0.3 is 92.4 Å². The van der Waals surface area contributed by atoms with Crippen molar-refractivity contribution in [3.8, 4) is 0 Å². The molecule has 0 radical (unpaired) electrons. The summed E-state index contributed by atoms with van der Waals surface area (Å²) in [6.07, 6.45) is 3.79. The summed E-state index contributed by atoms with van der Waals surface area (Å²) in [6, 6.07) is 47.0. The Morgan fingerprint density at radius 2 is 0.719 bits per heavy atom. The first-order chi connectivity index (χ1) is 64.3. The minimum absolute atomic E-state index is 0.0340. The lowest BCUT2D eigenvalue weighted by Gasteiger charge is -2.23. The Kier molecular flexibility index (Phi) is 56.4. The molecule has 4 heterocycles. The third kappa shape index (κ3) is 66.6. The fourth-order valence-electron chi connectivity index (χ4n) is 8.43. The number of carbonyl (C=O) groups excluding carboxylic acids is 9. The Hall–Kier alpha value is -11.6. The van der Waals surface area contributed by atoms with Crippen molar-refractivity contribution in [3.05, 3.63) is 272 Å². The predicted octanol–water partition coefficient (Wildman–Crippen LogP) is 4.34. The Labute approximate surface area is 806 Å². The van der Waals surface area contributed by atoms with Crippen LogP contribution in [0.1, 0.15) is 111 Å². The van der Waals surface area contributed by atoms with Gasteiger partial charge in [-0.2, -0.15) is 11.3 Å². The van der Waals surface area contributed by atoms with Crippen LogP contribution in [0.3, 0.4) is 0 Å². The lowest BCUT2D eigenvalue weighted by molar-refractivity contribution is -0.149. The SMILES string of the molecule is CC(C(=O)OCCS(=O)(=O)[O-])c1ccccc1.CC(C)(C(=O)OCCS(=O)(=O)[O-])c1ccccc1.Cc1ccc(C(=O)OCCS(=O)(=O)[O-])cc1.O=C(Cc1ccccc1)OCCS(=O)(=O)[O-].O=C(OCCS(=O)(=O)[O-])c1ccc(F)cc1.O=C(OCCS(=O)(=O)[O-])c1ccco1.O=C(OCCS(=O)(=O)[O-])c1cccs1.O=C(OCCS(=O)(=O)[O-])c1ccoc1.O=C(OCCS(=O)(=O)[O-])c1ccsc1. The van der Waals surface area contributed by atoms with E-state index in [-0.39, 0.29) is 23.3 Å². The van der Waals surface area contributed by atoms with E-state index in [9.17, 15) is 164 Å². The van der Waals surface area contributed by atoms with Crippen LogP contribution in [0.4, 0.5) is 4.39 Å². The molecule has 0 amide bonds. The van der Waals surface area contributed by atoms with Crippen molar-refractivity contribution in [3.63, 3.8) is 0 Å². The van der Waals surface area contributed by atoms with Crippen LogP contribution in [0.5, 0.6) is 0 Å². The number of ether oxygens (including phenoxy) is 9. The molecule has 0 fully saturated rings. The first-order valence-electron chi connectivity index (χ1n) is 38.4. The largest absolute Gasteiger partial charge is 0.748 e. The lowest BCUT2D eigenvalue weighted by Crippen LogP contribution is -2.32. The van der Waals surface area contributed by atoms with Crippen LogP contribution in [-0.4, -0.2) is 282 Å². The van der Waals surface area contributed by atoms with Crippen molar-refractivity contribution >= 4 is 167 Å². The van der Waals surface area contributed by atoms with E-state index in [2.05, 4.69) is 42.0 Å². The molecule has 0 saturated heterocycles. The zero-order valence-corrected chi connectivity index (χ0v) is 81.8. The number of rotatable bonds is 39. The number of hydrogen-bond acceptors (Lipinski definition) is 49. The van der Waals surface area contributed by atoms with Gasteiger partial charge in [0, 0.05) is 5.38 Å². The molecular weight excluding hydrogens is 2080 g/mol. The Bertz CT molecular complexity index is 5960. The van der Waals surface area contributed by atoms with Crippen molar-refractivity contribution < 1.29 is 216 Å². The Balaban J connectivity index is 0.000000783. The second-order valence-electron chi connectivity index (χ2n) is 26.8. The van der Waals surface area contributed by atoms with Crippen LogP contribution in [0, 0.1) is 12.7 Å². The van der Waals surface area contributed by atoms with E-state index in [1.54, 1.807) is 152 Å². The molecule has 0 aliphatic heterocycles. The van der Waals surface area contributed by atoms with Gasteiger partial charge in [-0.3, -0.25) is 14.4 Å². The lowest BCUT2D eigenvalue weighted by atomic mass is 9.85. The molecule has 770 valence electrons. The second-order valence-corrected chi connectivity index (χ2v) is 42.3. The molecule has 0 aliphatic rings. The molecule has 5 aromatic carbocycles. The molecule has 1 atom stereocenters. The second kappa shape index (κ2) is 62.5. The zero-order chi connectivity index (χ0) is 106. The van der Waals surface area contributed by atoms with E-state index >= 15 is 0 Å². The Morgan fingerprint density at radius 3 is 1.09 bits per heavy atom. The molecule has 0 bridgehead atoms. The highest BCUT2D eigenvalue weighted by Crippen LogP contribution is 2.25. The predicted molar refractivity (Wildman–Crippen MR) is 474 cm³/mol. The van der Waals surface area contributed by atoms with Crippen LogP contribution >= 0.6 is 22.7 Å². The van der Waals surface area contributed by atoms with Gasteiger partial charge in [-0.05, 0) is 122 Å². The van der Waals surface area contributed by atoms with Crippen molar-refractivity contribution in [2.45, 2.75) is 45.4 Å². The van der Waals surface area contributed by atoms with Gasteiger partial charge in [0.2, 0.25) is 5.76 Å². The van der Waals surface area contributed by atoms with Crippen molar-refractivity contribution in [1.82, 2.24) is 0 Å². The third-order valence-electron chi connectivity index (χ3n) is 15.3. The third-order valence-corrected chi connectivity index (χ3v) is 22.8. The maximum Gasteiger partial charge on any atom is 0.374 e. The van der Waals surface area contributed by atoms with Crippen LogP contribution in [-0.2, 0) is 160 Å². The number of carbonyl (C=O) groups is 9. The zero-order valence-electron chi connectivity index (χ0n) is 72.8. The number of halogens is 1. The number of thiophene rings is 2. The molecule has 59 heteroatoms. The summed E-state index contributed by atoms with van der Waals surface area (Å²) in [6.45, 7) is 3.03. The summed E-state index contributed by atoms with van der Waals surface area (Å²) in [4.78, 5) is 102. The number of furan rings is 2. The molecule has 4 aromatic heterocycles. The average molecular weight is 2170 g/mol. The Morgan fingerprint density at radius 1 is 0.360 bits per heavy atom. The van der Waals surface area contributed by atoms with Gasteiger partial charge in [0.25, 0.3) is 0 Å². The number of hydrogen-bond donors (Lipinski definition) is 0. The number of esters is 9. The minimum Gasteiger partial charge on any atom is -0.748 e. The van der Waals surface area contributed by atoms with Crippen LogP contribution in [0.15, 0.2) is 220 Å². The van der Waals surface area contributed by atoms with Crippen LogP contribution in [0.2, 0.25) is 0 Å². The van der Waals surface area contributed by atoms with E-state index in [4.69, 9.17) is 9.47 Å². The quantitative estimate of drug-likeness (QED) is 0.0294. The monoisotopic (exact) mass is 2170 g/mol. The molecule has 9 aromatic rings. The molecule has 47 nitrogen and oxygen atoms in total. The van der Waals surface area contributed by atoms with E-state index in [0.29, 0.717) is 16.0 Å². The fourth-order valence-corrected chi connectivity index (χ4v) is 12.3. The van der Waals surface area contributed by atoms with Crippen LogP contribution in [0.25, 0.3) is 0 Å². The molecule has 0 spiro atoms. The summed E-state index contributed by atoms with van der Waals surface area (Å²) < 4.78 is 339. The highest BCUT2D eigenvalue weighted by molar-refractivity contribution is 7.87. The summed E-state index contributed by atoms with van der Waals surface area (Å²) in [7, 11) is -39.1. The summed E-state index contributed by atoms with van der Waals surface area (Å²) in [5.74, 6) is -13.2. The molecule has 0 N–H and O–H groups in total. The van der Waals surface area contributed by atoms with Crippen molar-refractivity contribution in [2.75, 3.05) is 111 Å². The van der Waals surface area contributed by atoms with E-state index < -0.39 is 273 Å². The van der Waals surface area contributed by atoms with Gasteiger partial charge in [0.1, 0.15) is 76.4 Å². The molecule has 9 rings (SSSR count). The summed E-state index contributed by atoms with van der Waals surface area (Å²) in [5, 5.41) is 4.97. The maximum atomic E-state index is 12.5. The summed E-state index contributed by atoms with van der Waals surface area (Å²) in [5.41, 5.74) is 3.39. The summed E-state index contributed by atoms with van der Waals surface area (Å²) >= 11 is 2.51. The normalized spacial score (nSPS) is 11.5. The van der Waals surface area contributed by atoms with Gasteiger partial charge in [-0.25, -0.2) is 109 Å². The first kappa shape index (κ1) is 125. The topological polar surface area (TPSA) is 778 Å². The van der Waals surface area contributed by atoms with Crippen molar-refractivity contribution in [2.24, 2.45) is 0 Å². The van der Waals surface area contributed by atoms with E-state index in [1.165, 1.54) is 65.5 Å². The number of aryl methyl sites for hydroxylation is 1. The molecule has 139 heavy (non-hydrogen) atoms. The van der Waals surface area contributed by atoms with Gasteiger partial charge in [0.15, 0.2) is 0 Å². The van der Waals surface area contributed by atoms with E-state index in [0.717, 1.165) is 40.6 Å². The molecule has 0 saturated carbocycles. The van der Waals surface area contributed by atoms with Gasteiger partial charge in [-0.1, -0.05) is 115 Å².